The Morgan fingerprint density at radius 1 is 0.750 bits per heavy atom. The molecule has 2 rings (SSSR count). The molecule has 6 heteroatoms. The van der Waals surface area contributed by atoms with E-state index in [1.807, 2.05) is 18.2 Å². The maximum Gasteiger partial charge on any atom is 0.203 e. The van der Waals surface area contributed by atoms with E-state index in [-0.39, 0.29) is 5.75 Å². The smallest absolute Gasteiger partial charge is 0.203 e. The molecule has 24 heavy (non-hydrogen) atoms. The molecule has 130 valence electrons. The normalized spacial score (nSPS) is 11.1. The van der Waals surface area contributed by atoms with Crippen LogP contribution in [0, 0.1) is 0 Å². The Morgan fingerprint density at radius 3 is 1.83 bits per heavy atom. The summed E-state index contributed by atoms with van der Waals surface area (Å²) < 4.78 is 21.6. The van der Waals surface area contributed by atoms with E-state index >= 15 is 0 Å². The number of hydrogen-bond donors (Lipinski definition) is 1. The van der Waals surface area contributed by atoms with Gasteiger partial charge >= 0.3 is 0 Å². The van der Waals surface area contributed by atoms with Crippen molar-refractivity contribution in [2.75, 3.05) is 28.4 Å². The molecule has 0 aliphatic rings. The van der Waals surface area contributed by atoms with Gasteiger partial charge in [-0.25, -0.2) is 0 Å². The fraction of sp³-hybridized carbons (Fsp3) is 0.333. The zero-order valence-electron chi connectivity index (χ0n) is 15.0. The number of benzene rings is 2. The average molecular weight is 348 g/mol. The summed E-state index contributed by atoms with van der Waals surface area (Å²) in [6, 6.07) is 9.43. The third kappa shape index (κ3) is 3.01. The van der Waals surface area contributed by atoms with Crippen molar-refractivity contribution in [2.24, 2.45) is 0 Å². The van der Waals surface area contributed by atoms with E-state index in [9.17, 15) is 5.11 Å². The Balaban J connectivity index is 2.62. The van der Waals surface area contributed by atoms with Crippen molar-refractivity contribution in [2.45, 2.75) is 13.1 Å². The molecule has 0 spiro atoms. The molecule has 0 radical (unpaired) electrons. The molecule has 0 fully saturated rings. The molecule has 2 aromatic rings. The van der Waals surface area contributed by atoms with Crippen molar-refractivity contribution >= 4 is 18.4 Å². The molecule has 0 aliphatic carbocycles. The topological polar surface area (TPSA) is 57.2 Å². The lowest BCUT2D eigenvalue weighted by molar-refractivity contribution is 0.326. The monoisotopic (exact) mass is 348 g/mol. The molecule has 0 aliphatic heterocycles. The molecule has 0 atom stereocenters. The second kappa shape index (κ2) is 7.05. The highest BCUT2D eigenvalue weighted by atomic mass is 28.3. The van der Waals surface area contributed by atoms with Gasteiger partial charge in [0.25, 0.3) is 0 Å². The Labute approximate surface area is 143 Å². The minimum atomic E-state index is -2.15. The quantitative estimate of drug-likeness (QED) is 0.812. The lowest BCUT2D eigenvalue weighted by Gasteiger charge is -2.27. The predicted molar refractivity (Wildman–Crippen MR) is 97.5 cm³/mol. The lowest BCUT2D eigenvalue weighted by atomic mass is 10.3. The summed E-state index contributed by atoms with van der Waals surface area (Å²) in [5, 5.41) is 12.3. The van der Waals surface area contributed by atoms with Crippen LogP contribution in [0.2, 0.25) is 13.1 Å². The Bertz CT molecular complexity index is 728. The predicted octanol–water partition coefficient (Wildman–Crippen LogP) is 2.25. The van der Waals surface area contributed by atoms with Crippen LogP contribution in [0.4, 0.5) is 0 Å². The summed E-state index contributed by atoms with van der Waals surface area (Å²) in [5.74, 6) is 2.47. The van der Waals surface area contributed by atoms with Gasteiger partial charge in [-0.05, 0) is 23.4 Å². The molecule has 1 N–H and O–H groups in total. The third-order valence-corrected chi connectivity index (χ3v) is 7.77. The largest absolute Gasteiger partial charge is 0.504 e. The Morgan fingerprint density at radius 2 is 1.33 bits per heavy atom. The van der Waals surface area contributed by atoms with Gasteiger partial charge in [0, 0.05) is 0 Å². The summed E-state index contributed by atoms with van der Waals surface area (Å²) in [7, 11) is 4.20. The zero-order valence-corrected chi connectivity index (χ0v) is 16.0. The molecule has 0 saturated heterocycles. The highest BCUT2D eigenvalue weighted by Crippen LogP contribution is 2.36. The molecule has 0 amide bonds. The van der Waals surface area contributed by atoms with E-state index in [2.05, 4.69) is 13.1 Å². The van der Waals surface area contributed by atoms with E-state index in [1.54, 1.807) is 33.5 Å². The van der Waals surface area contributed by atoms with Crippen LogP contribution >= 0.6 is 0 Å². The SMILES string of the molecule is COc1ccc([Si](C)(C)c2ccc(OC)c(OC)c2OC)cc1O. The van der Waals surface area contributed by atoms with Crippen molar-refractivity contribution in [3.8, 4) is 28.7 Å². The standard InChI is InChI=1S/C18H24O5Si/c1-20-14-8-7-12(11-13(14)19)24(5,6)16-10-9-15(21-2)17(22-3)18(16)23-4/h7-11,19H,1-6H3. The second-order valence-electron chi connectivity index (χ2n) is 5.89. The third-order valence-electron chi connectivity index (χ3n) is 4.28. The molecule has 2 aromatic carbocycles. The average Bonchev–Trinajstić information content (AvgIpc) is 2.59. The summed E-state index contributed by atoms with van der Waals surface area (Å²) in [5.41, 5.74) is 0. The number of methoxy groups -OCH3 is 4. The minimum Gasteiger partial charge on any atom is -0.504 e. The van der Waals surface area contributed by atoms with Crippen LogP contribution in [0.1, 0.15) is 0 Å². The number of rotatable bonds is 6. The molecular weight excluding hydrogens is 324 g/mol. The van der Waals surface area contributed by atoms with E-state index in [0.29, 0.717) is 23.0 Å². The van der Waals surface area contributed by atoms with Gasteiger partial charge in [0.05, 0.1) is 28.4 Å². The molecule has 0 unspecified atom stereocenters. The van der Waals surface area contributed by atoms with Gasteiger partial charge in [0.15, 0.2) is 23.0 Å². The van der Waals surface area contributed by atoms with Gasteiger partial charge in [0.2, 0.25) is 5.75 Å². The number of phenolic OH excluding ortho intramolecular Hbond substituents is 1. The molecule has 0 saturated carbocycles. The lowest BCUT2D eigenvalue weighted by Crippen LogP contribution is -2.53. The van der Waals surface area contributed by atoms with Crippen LogP contribution in [0.25, 0.3) is 0 Å². The molecule has 0 aromatic heterocycles. The molecular formula is C18H24O5Si. The van der Waals surface area contributed by atoms with Gasteiger partial charge in [-0.3, -0.25) is 0 Å². The summed E-state index contributed by atoms with van der Waals surface area (Å²) in [4.78, 5) is 0. The van der Waals surface area contributed by atoms with Crippen molar-refractivity contribution in [3.05, 3.63) is 30.3 Å². The highest BCUT2D eigenvalue weighted by Gasteiger charge is 2.32. The number of phenols is 1. The van der Waals surface area contributed by atoms with Gasteiger partial charge in [0.1, 0.15) is 8.07 Å². The van der Waals surface area contributed by atoms with E-state index in [0.717, 1.165) is 10.4 Å². The van der Waals surface area contributed by atoms with Gasteiger partial charge in [-0.1, -0.05) is 30.4 Å². The second-order valence-corrected chi connectivity index (χ2v) is 10.3. The van der Waals surface area contributed by atoms with Crippen LogP contribution in [-0.4, -0.2) is 41.6 Å². The minimum absolute atomic E-state index is 0.134. The van der Waals surface area contributed by atoms with Crippen molar-refractivity contribution in [3.63, 3.8) is 0 Å². The first-order valence-electron chi connectivity index (χ1n) is 7.57. The van der Waals surface area contributed by atoms with Gasteiger partial charge < -0.3 is 24.1 Å². The van der Waals surface area contributed by atoms with Crippen LogP contribution in [0.15, 0.2) is 30.3 Å². The number of aromatic hydroxyl groups is 1. The maximum absolute atomic E-state index is 10.1. The van der Waals surface area contributed by atoms with E-state index in [4.69, 9.17) is 18.9 Å². The van der Waals surface area contributed by atoms with E-state index < -0.39 is 8.07 Å². The Hall–Kier alpha value is -2.34. The fourth-order valence-corrected chi connectivity index (χ4v) is 5.42. The fourth-order valence-electron chi connectivity index (χ4n) is 2.83. The zero-order chi connectivity index (χ0) is 17.9. The summed E-state index contributed by atoms with van der Waals surface area (Å²) in [6.45, 7) is 4.38. The van der Waals surface area contributed by atoms with E-state index in [1.165, 1.54) is 7.11 Å². The summed E-state index contributed by atoms with van der Waals surface area (Å²) >= 11 is 0. The first kappa shape index (κ1) is 18.0. The summed E-state index contributed by atoms with van der Waals surface area (Å²) in [6.07, 6.45) is 0. The first-order chi connectivity index (χ1) is 11.4. The molecule has 0 bridgehead atoms. The van der Waals surface area contributed by atoms with Crippen molar-refractivity contribution in [1.82, 2.24) is 0 Å². The Kier molecular flexibility index (Phi) is 5.29. The molecule has 5 nitrogen and oxygen atoms in total. The van der Waals surface area contributed by atoms with Crippen LogP contribution in [0.3, 0.4) is 0 Å². The van der Waals surface area contributed by atoms with Crippen molar-refractivity contribution in [1.29, 1.82) is 0 Å². The number of hydrogen-bond acceptors (Lipinski definition) is 5. The highest BCUT2D eigenvalue weighted by molar-refractivity contribution is 7.01. The maximum atomic E-state index is 10.1. The number of ether oxygens (including phenoxy) is 4. The van der Waals surface area contributed by atoms with Crippen LogP contribution in [-0.2, 0) is 0 Å². The van der Waals surface area contributed by atoms with Crippen molar-refractivity contribution < 1.29 is 24.1 Å². The van der Waals surface area contributed by atoms with Gasteiger partial charge in [-0.15, -0.1) is 0 Å². The van der Waals surface area contributed by atoms with Crippen LogP contribution < -0.4 is 29.3 Å². The first-order valence-corrected chi connectivity index (χ1v) is 10.6. The van der Waals surface area contributed by atoms with Crippen LogP contribution in [0.5, 0.6) is 28.7 Å². The van der Waals surface area contributed by atoms with Gasteiger partial charge in [-0.2, -0.15) is 0 Å². The molecule has 0 heterocycles.